The zero-order valence-electron chi connectivity index (χ0n) is 9.94. The van der Waals surface area contributed by atoms with E-state index in [0.717, 1.165) is 41.5 Å². The van der Waals surface area contributed by atoms with Gasteiger partial charge in [-0.1, -0.05) is 0 Å². The predicted octanol–water partition coefficient (Wildman–Crippen LogP) is 1.60. The molecular weight excluding hydrogens is 236 g/mol. The minimum Gasteiger partial charge on any atom is -0.497 e. The maximum atomic E-state index is 11.3. The van der Waals surface area contributed by atoms with Gasteiger partial charge in [0, 0.05) is 34.4 Å². The molecule has 1 fully saturated rings. The number of benzene rings is 1. The first-order valence-electron chi connectivity index (χ1n) is 5.74. The summed E-state index contributed by atoms with van der Waals surface area (Å²) in [5, 5.41) is 3.40. The Kier molecular flexibility index (Phi) is 3.89. The van der Waals surface area contributed by atoms with Gasteiger partial charge in [-0.15, -0.1) is 0 Å². The fourth-order valence-electron chi connectivity index (χ4n) is 1.95. The summed E-state index contributed by atoms with van der Waals surface area (Å²) < 4.78 is 16.4. The zero-order chi connectivity index (χ0) is 12.3. The maximum absolute atomic E-state index is 11.3. The third kappa shape index (κ3) is 3.12. The first kappa shape index (κ1) is 12.2. The average Bonchev–Trinajstić information content (AvgIpc) is 2.35. The quantitative estimate of drug-likeness (QED) is 0.804. The van der Waals surface area contributed by atoms with Gasteiger partial charge in [0.15, 0.2) is 0 Å². The molecule has 5 heteroatoms. The number of ether oxygens (including phenoxy) is 1. The lowest BCUT2D eigenvalue weighted by molar-refractivity contribution is 0.415. The van der Waals surface area contributed by atoms with Crippen LogP contribution >= 0.6 is 0 Å². The van der Waals surface area contributed by atoms with E-state index in [4.69, 9.17) is 10.5 Å². The third-order valence-corrected chi connectivity index (χ3v) is 4.39. The second kappa shape index (κ2) is 5.40. The Labute approximate surface area is 104 Å². The minimum absolute atomic E-state index is 0.363. The zero-order valence-corrected chi connectivity index (χ0v) is 10.8. The molecule has 0 atom stereocenters. The molecular formula is C12H18N2O2S. The number of anilines is 2. The van der Waals surface area contributed by atoms with E-state index in [9.17, 15) is 4.21 Å². The molecule has 0 radical (unpaired) electrons. The van der Waals surface area contributed by atoms with Crippen LogP contribution in [0.4, 0.5) is 11.4 Å². The van der Waals surface area contributed by atoms with Crippen LogP contribution in [0, 0.1) is 0 Å². The van der Waals surface area contributed by atoms with Crippen LogP contribution in [0.2, 0.25) is 0 Å². The number of hydrogen-bond donors (Lipinski definition) is 2. The number of hydrogen-bond acceptors (Lipinski definition) is 4. The summed E-state index contributed by atoms with van der Waals surface area (Å²) in [6.45, 7) is 0. The molecule has 94 valence electrons. The lowest BCUT2D eigenvalue weighted by Crippen LogP contribution is -2.29. The van der Waals surface area contributed by atoms with Crippen molar-refractivity contribution in [3.63, 3.8) is 0 Å². The Morgan fingerprint density at radius 3 is 2.76 bits per heavy atom. The highest BCUT2D eigenvalue weighted by Gasteiger charge is 2.18. The van der Waals surface area contributed by atoms with E-state index in [1.54, 1.807) is 7.11 Å². The van der Waals surface area contributed by atoms with E-state index in [1.165, 1.54) is 0 Å². The van der Waals surface area contributed by atoms with Crippen LogP contribution in [0.15, 0.2) is 18.2 Å². The second-order valence-electron chi connectivity index (χ2n) is 4.22. The summed E-state index contributed by atoms with van der Waals surface area (Å²) in [6, 6.07) is 5.95. The second-order valence-corrected chi connectivity index (χ2v) is 5.92. The molecule has 0 aromatic heterocycles. The third-order valence-electron chi connectivity index (χ3n) is 3.01. The Morgan fingerprint density at radius 1 is 1.41 bits per heavy atom. The van der Waals surface area contributed by atoms with E-state index in [-0.39, 0.29) is 0 Å². The van der Waals surface area contributed by atoms with Gasteiger partial charge in [0.2, 0.25) is 0 Å². The van der Waals surface area contributed by atoms with Crippen molar-refractivity contribution in [1.82, 2.24) is 0 Å². The molecule has 0 amide bonds. The summed E-state index contributed by atoms with van der Waals surface area (Å²) in [5.74, 6) is 2.35. The summed E-state index contributed by atoms with van der Waals surface area (Å²) in [6.07, 6.45) is 1.87. The molecule has 1 saturated heterocycles. The van der Waals surface area contributed by atoms with Crippen molar-refractivity contribution in [3.8, 4) is 5.75 Å². The van der Waals surface area contributed by atoms with Gasteiger partial charge in [-0.05, 0) is 25.0 Å². The first-order chi connectivity index (χ1) is 8.19. The number of nitrogen functional groups attached to an aromatic ring is 1. The predicted molar refractivity (Wildman–Crippen MR) is 71.9 cm³/mol. The molecule has 1 aromatic rings. The Bertz CT molecular complexity index is 413. The van der Waals surface area contributed by atoms with Crippen LogP contribution in [0.3, 0.4) is 0 Å². The molecule has 0 spiro atoms. The Balaban J connectivity index is 2.04. The molecule has 0 saturated carbocycles. The van der Waals surface area contributed by atoms with Gasteiger partial charge >= 0.3 is 0 Å². The molecule has 0 bridgehead atoms. The SMILES string of the molecule is COc1ccc(N)c(NC2CCS(=O)CC2)c1. The van der Waals surface area contributed by atoms with Gasteiger partial charge in [0.25, 0.3) is 0 Å². The summed E-state index contributed by atoms with van der Waals surface area (Å²) in [4.78, 5) is 0. The molecule has 1 heterocycles. The van der Waals surface area contributed by atoms with Crippen molar-refractivity contribution in [2.75, 3.05) is 29.7 Å². The molecule has 2 rings (SSSR count). The molecule has 1 aromatic carbocycles. The fourth-order valence-corrected chi connectivity index (χ4v) is 3.24. The smallest absolute Gasteiger partial charge is 0.121 e. The number of nitrogens with two attached hydrogens (primary N) is 1. The molecule has 17 heavy (non-hydrogen) atoms. The van der Waals surface area contributed by atoms with Crippen LogP contribution in [-0.2, 0) is 10.8 Å². The van der Waals surface area contributed by atoms with Crippen LogP contribution < -0.4 is 15.8 Å². The van der Waals surface area contributed by atoms with Crippen molar-refractivity contribution in [3.05, 3.63) is 18.2 Å². The van der Waals surface area contributed by atoms with Crippen molar-refractivity contribution in [1.29, 1.82) is 0 Å². The van der Waals surface area contributed by atoms with Crippen molar-refractivity contribution in [2.45, 2.75) is 18.9 Å². The molecule has 0 unspecified atom stereocenters. The van der Waals surface area contributed by atoms with Crippen molar-refractivity contribution < 1.29 is 8.95 Å². The van der Waals surface area contributed by atoms with Gasteiger partial charge < -0.3 is 15.8 Å². The van der Waals surface area contributed by atoms with E-state index >= 15 is 0 Å². The summed E-state index contributed by atoms with van der Waals surface area (Å²) in [5.41, 5.74) is 7.54. The molecule has 1 aliphatic rings. The molecule has 3 N–H and O–H groups in total. The highest BCUT2D eigenvalue weighted by Crippen LogP contribution is 2.26. The van der Waals surface area contributed by atoms with Crippen molar-refractivity contribution >= 4 is 22.2 Å². The van der Waals surface area contributed by atoms with E-state index in [1.807, 2.05) is 18.2 Å². The lowest BCUT2D eigenvalue weighted by atomic mass is 10.1. The van der Waals surface area contributed by atoms with E-state index < -0.39 is 10.8 Å². The molecule has 4 nitrogen and oxygen atoms in total. The monoisotopic (exact) mass is 254 g/mol. The van der Waals surface area contributed by atoms with Crippen LogP contribution in [0.5, 0.6) is 5.75 Å². The Morgan fingerprint density at radius 2 is 2.12 bits per heavy atom. The normalized spacial score (nSPS) is 24.3. The summed E-state index contributed by atoms with van der Waals surface area (Å²) in [7, 11) is 1.01. The largest absolute Gasteiger partial charge is 0.497 e. The maximum Gasteiger partial charge on any atom is 0.121 e. The first-order valence-corrected chi connectivity index (χ1v) is 7.23. The summed E-state index contributed by atoms with van der Waals surface area (Å²) >= 11 is 0. The number of nitrogens with one attached hydrogen (secondary N) is 1. The van der Waals surface area contributed by atoms with Crippen LogP contribution in [0.25, 0.3) is 0 Å². The van der Waals surface area contributed by atoms with Crippen molar-refractivity contribution in [2.24, 2.45) is 0 Å². The lowest BCUT2D eigenvalue weighted by Gasteiger charge is -2.24. The number of rotatable bonds is 3. The number of methoxy groups -OCH3 is 1. The van der Waals surface area contributed by atoms with Crippen LogP contribution in [0.1, 0.15) is 12.8 Å². The van der Waals surface area contributed by atoms with Gasteiger partial charge in [-0.3, -0.25) is 4.21 Å². The fraction of sp³-hybridized carbons (Fsp3) is 0.500. The van der Waals surface area contributed by atoms with Gasteiger partial charge in [0.05, 0.1) is 18.5 Å². The average molecular weight is 254 g/mol. The van der Waals surface area contributed by atoms with Crippen LogP contribution in [-0.4, -0.2) is 28.9 Å². The molecule has 0 aliphatic carbocycles. The minimum atomic E-state index is -0.626. The topological polar surface area (TPSA) is 64.3 Å². The van der Waals surface area contributed by atoms with Gasteiger partial charge in [0.1, 0.15) is 5.75 Å². The van der Waals surface area contributed by atoms with Gasteiger partial charge in [-0.2, -0.15) is 0 Å². The standard InChI is InChI=1S/C12H18N2O2S/c1-16-10-2-3-11(13)12(8-10)14-9-4-6-17(15)7-5-9/h2-3,8-9,14H,4-7,13H2,1H3. The van der Waals surface area contributed by atoms with E-state index in [2.05, 4.69) is 5.32 Å². The Hall–Kier alpha value is -1.23. The van der Waals surface area contributed by atoms with Gasteiger partial charge in [-0.25, -0.2) is 0 Å². The molecule has 1 aliphatic heterocycles. The highest BCUT2D eigenvalue weighted by atomic mass is 32.2. The highest BCUT2D eigenvalue weighted by molar-refractivity contribution is 7.85. The van der Waals surface area contributed by atoms with E-state index in [0.29, 0.717) is 6.04 Å².